The minimum Gasteiger partial charge on any atom is -0.377 e. The predicted molar refractivity (Wildman–Crippen MR) is 89.9 cm³/mol. The molecule has 2 fully saturated rings. The normalized spacial score (nSPS) is 29.8. The van der Waals surface area contributed by atoms with Crippen molar-refractivity contribution < 1.29 is 4.74 Å². The first-order valence-corrected chi connectivity index (χ1v) is 8.41. The first-order chi connectivity index (χ1) is 9.54. The monoisotopic (exact) mass is 331 g/mol. The molecule has 0 spiro atoms. The number of nitrogens with two attached hydrogens (primary N) is 1. The summed E-state index contributed by atoms with van der Waals surface area (Å²) in [6.07, 6.45) is 4.78. The van der Waals surface area contributed by atoms with Gasteiger partial charge in [-0.1, -0.05) is 20.8 Å². The van der Waals surface area contributed by atoms with Crippen LogP contribution < -0.4 is 5.73 Å². The molecule has 6 heteroatoms. The van der Waals surface area contributed by atoms with Gasteiger partial charge >= 0.3 is 0 Å². The van der Waals surface area contributed by atoms with Crippen LogP contribution in [0.25, 0.3) is 0 Å². The summed E-state index contributed by atoms with van der Waals surface area (Å²) >= 11 is 1.61. The maximum Gasteiger partial charge on any atom is 0.180 e. The number of halogens is 1. The molecule has 3 rings (SSSR count). The maximum absolute atomic E-state index is 5.92. The van der Waals surface area contributed by atoms with Crippen molar-refractivity contribution in [2.45, 2.75) is 52.3 Å². The van der Waals surface area contributed by atoms with Gasteiger partial charge in [-0.3, -0.25) is 4.90 Å². The Morgan fingerprint density at radius 1 is 1.52 bits per heavy atom. The standard InChI is InChI=1S/C15H25N3OS.ClH/c1-4-6-18(9-10-8-17-14(16)20-10)12-11-5-7-19-13(11)15(12,2)3;/h8,11-13H,4-7,9H2,1-3H3,(H2,16,17);1H. The summed E-state index contributed by atoms with van der Waals surface area (Å²) in [5.74, 6) is 0.710. The van der Waals surface area contributed by atoms with Crippen LogP contribution in [0.1, 0.15) is 38.5 Å². The molecule has 1 aliphatic heterocycles. The SMILES string of the molecule is CCCN(Cc1cnc(N)s1)C1C2CCOC2C1(C)C.Cl. The second-order valence-corrected chi connectivity index (χ2v) is 7.79. The second kappa shape index (κ2) is 6.41. The minimum absolute atomic E-state index is 0. The zero-order valence-corrected chi connectivity index (χ0v) is 14.7. The van der Waals surface area contributed by atoms with Crippen molar-refractivity contribution >= 4 is 28.9 Å². The fourth-order valence-electron chi connectivity index (χ4n) is 4.24. The Hall–Kier alpha value is -0.360. The lowest BCUT2D eigenvalue weighted by Crippen LogP contribution is -2.66. The molecule has 1 saturated carbocycles. The number of fused-ring (bicyclic) bond motifs is 1. The summed E-state index contributed by atoms with van der Waals surface area (Å²) in [6, 6.07) is 0.623. The minimum atomic E-state index is 0. The van der Waals surface area contributed by atoms with E-state index in [2.05, 4.69) is 30.7 Å². The fraction of sp³-hybridized carbons (Fsp3) is 0.800. The Morgan fingerprint density at radius 2 is 2.29 bits per heavy atom. The topological polar surface area (TPSA) is 51.4 Å². The van der Waals surface area contributed by atoms with Gasteiger partial charge in [-0.25, -0.2) is 4.98 Å². The first kappa shape index (κ1) is 17.0. The van der Waals surface area contributed by atoms with Crippen molar-refractivity contribution in [2.24, 2.45) is 11.3 Å². The molecule has 0 aromatic carbocycles. The van der Waals surface area contributed by atoms with Crippen LogP contribution in [0.5, 0.6) is 0 Å². The van der Waals surface area contributed by atoms with E-state index in [9.17, 15) is 0 Å². The van der Waals surface area contributed by atoms with Gasteiger partial charge < -0.3 is 10.5 Å². The van der Waals surface area contributed by atoms with Gasteiger partial charge in [0.1, 0.15) is 0 Å². The van der Waals surface area contributed by atoms with Gasteiger partial charge in [-0.15, -0.1) is 23.7 Å². The third-order valence-electron chi connectivity index (χ3n) is 4.87. The molecular weight excluding hydrogens is 306 g/mol. The molecule has 0 amide bonds. The van der Waals surface area contributed by atoms with Crippen molar-refractivity contribution in [3.8, 4) is 0 Å². The molecule has 2 heterocycles. The lowest BCUT2D eigenvalue weighted by atomic mass is 9.56. The molecular formula is C15H26ClN3OS. The number of aromatic nitrogens is 1. The number of rotatable bonds is 5. The van der Waals surface area contributed by atoms with Crippen molar-refractivity contribution in [1.29, 1.82) is 0 Å². The fourth-order valence-corrected chi connectivity index (χ4v) is 4.95. The Bertz CT molecular complexity index is 479. The molecule has 4 nitrogen and oxygen atoms in total. The van der Waals surface area contributed by atoms with Crippen LogP contribution in [-0.2, 0) is 11.3 Å². The average Bonchev–Trinajstić information content (AvgIpc) is 2.97. The molecule has 1 aliphatic carbocycles. The van der Waals surface area contributed by atoms with Gasteiger partial charge in [0.25, 0.3) is 0 Å². The number of hydrogen-bond acceptors (Lipinski definition) is 5. The Kier molecular flexibility index (Phi) is 5.19. The Labute approximate surface area is 137 Å². The molecule has 1 aromatic rings. The highest BCUT2D eigenvalue weighted by atomic mass is 35.5. The zero-order chi connectivity index (χ0) is 14.3. The van der Waals surface area contributed by atoms with E-state index in [1.807, 2.05) is 6.20 Å². The molecule has 2 aliphatic rings. The summed E-state index contributed by atoms with van der Waals surface area (Å²) in [6.45, 7) is 10.0. The van der Waals surface area contributed by atoms with Crippen LogP contribution >= 0.6 is 23.7 Å². The predicted octanol–water partition coefficient (Wildman–Crippen LogP) is 3.17. The summed E-state index contributed by atoms with van der Waals surface area (Å²) in [5.41, 5.74) is 6.02. The van der Waals surface area contributed by atoms with E-state index in [1.165, 1.54) is 17.7 Å². The maximum atomic E-state index is 5.92. The third-order valence-corrected chi connectivity index (χ3v) is 5.68. The van der Waals surface area contributed by atoms with Crippen molar-refractivity contribution in [1.82, 2.24) is 9.88 Å². The van der Waals surface area contributed by atoms with Crippen LogP contribution in [0.3, 0.4) is 0 Å². The Balaban J connectivity index is 0.00000161. The smallest absolute Gasteiger partial charge is 0.180 e. The van der Waals surface area contributed by atoms with Gasteiger partial charge in [0.05, 0.1) is 6.10 Å². The molecule has 3 unspecified atom stereocenters. The van der Waals surface area contributed by atoms with Crippen LogP contribution in [-0.4, -0.2) is 35.2 Å². The Morgan fingerprint density at radius 3 is 2.90 bits per heavy atom. The average molecular weight is 332 g/mol. The van der Waals surface area contributed by atoms with Gasteiger partial charge in [-0.2, -0.15) is 0 Å². The summed E-state index contributed by atoms with van der Waals surface area (Å²) in [5, 5.41) is 0.673. The summed E-state index contributed by atoms with van der Waals surface area (Å²) < 4.78 is 5.92. The van der Waals surface area contributed by atoms with Crippen LogP contribution in [0.15, 0.2) is 6.20 Å². The van der Waals surface area contributed by atoms with Crippen molar-refractivity contribution in [3.05, 3.63) is 11.1 Å². The molecule has 1 saturated heterocycles. The van der Waals surface area contributed by atoms with E-state index in [4.69, 9.17) is 10.5 Å². The highest BCUT2D eigenvalue weighted by molar-refractivity contribution is 7.15. The lowest BCUT2D eigenvalue weighted by molar-refractivity contribution is -0.157. The highest BCUT2D eigenvalue weighted by Gasteiger charge is 2.60. The van der Waals surface area contributed by atoms with E-state index in [0.29, 0.717) is 23.2 Å². The van der Waals surface area contributed by atoms with E-state index in [-0.39, 0.29) is 17.8 Å². The van der Waals surface area contributed by atoms with E-state index < -0.39 is 0 Å². The van der Waals surface area contributed by atoms with E-state index in [1.54, 1.807) is 11.3 Å². The van der Waals surface area contributed by atoms with E-state index in [0.717, 1.165) is 19.7 Å². The highest BCUT2D eigenvalue weighted by Crippen LogP contribution is 2.54. The third kappa shape index (κ3) is 2.93. The first-order valence-electron chi connectivity index (χ1n) is 7.60. The van der Waals surface area contributed by atoms with Crippen LogP contribution in [0.2, 0.25) is 0 Å². The number of nitrogens with zero attached hydrogens (tertiary/aromatic N) is 2. The molecule has 3 atom stereocenters. The molecule has 120 valence electrons. The van der Waals surface area contributed by atoms with Crippen LogP contribution in [0, 0.1) is 11.3 Å². The van der Waals surface area contributed by atoms with Gasteiger partial charge in [0.15, 0.2) is 5.13 Å². The number of hydrogen-bond donors (Lipinski definition) is 1. The largest absolute Gasteiger partial charge is 0.377 e. The van der Waals surface area contributed by atoms with Gasteiger partial charge in [0, 0.05) is 41.6 Å². The second-order valence-electron chi connectivity index (χ2n) is 6.65. The van der Waals surface area contributed by atoms with Crippen molar-refractivity contribution in [2.75, 3.05) is 18.9 Å². The van der Waals surface area contributed by atoms with Gasteiger partial charge in [0.2, 0.25) is 0 Å². The quantitative estimate of drug-likeness (QED) is 0.900. The lowest BCUT2D eigenvalue weighted by Gasteiger charge is -2.58. The molecule has 2 N–H and O–H groups in total. The van der Waals surface area contributed by atoms with Crippen molar-refractivity contribution in [3.63, 3.8) is 0 Å². The zero-order valence-electron chi connectivity index (χ0n) is 13.0. The number of thiazole rings is 1. The molecule has 21 heavy (non-hydrogen) atoms. The van der Waals surface area contributed by atoms with E-state index >= 15 is 0 Å². The summed E-state index contributed by atoms with van der Waals surface area (Å²) in [4.78, 5) is 8.08. The number of ether oxygens (including phenoxy) is 1. The van der Waals surface area contributed by atoms with Gasteiger partial charge in [-0.05, 0) is 19.4 Å². The molecule has 0 radical (unpaired) electrons. The number of nitrogen functional groups attached to an aromatic ring is 1. The summed E-state index contributed by atoms with van der Waals surface area (Å²) in [7, 11) is 0. The van der Waals surface area contributed by atoms with Crippen LogP contribution in [0.4, 0.5) is 5.13 Å². The number of anilines is 1. The molecule has 1 aromatic heterocycles. The molecule has 0 bridgehead atoms.